The van der Waals surface area contributed by atoms with Gasteiger partial charge in [0.2, 0.25) is 11.8 Å². The highest BCUT2D eigenvalue weighted by molar-refractivity contribution is 6.04. The fraction of sp³-hybridized carbons (Fsp3) is 0.462. The molecule has 1 aliphatic heterocycles. The van der Waals surface area contributed by atoms with Crippen molar-refractivity contribution in [2.75, 3.05) is 27.2 Å². The molecule has 0 saturated carbocycles. The zero-order valence-corrected chi connectivity index (χ0v) is 18.8. The summed E-state index contributed by atoms with van der Waals surface area (Å²) in [6.07, 6.45) is 1.55. The lowest BCUT2D eigenvalue weighted by Gasteiger charge is -2.30. The van der Waals surface area contributed by atoms with Crippen LogP contribution in [-0.2, 0) is 16.1 Å². The maximum atomic E-state index is 13.0. The molecule has 4 heteroatoms. The number of likely N-dealkylation sites (tertiary alicyclic amines) is 1. The molecule has 30 heavy (non-hydrogen) atoms. The van der Waals surface area contributed by atoms with E-state index in [0.717, 1.165) is 30.4 Å². The van der Waals surface area contributed by atoms with Crippen LogP contribution in [0.2, 0.25) is 0 Å². The molecule has 4 nitrogen and oxygen atoms in total. The second-order valence-corrected chi connectivity index (χ2v) is 9.43. The summed E-state index contributed by atoms with van der Waals surface area (Å²) < 4.78 is 0.838. The molecule has 0 aromatic heterocycles. The monoisotopic (exact) mass is 407 g/mol. The van der Waals surface area contributed by atoms with E-state index in [1.165, 1.54) is 16.0 Å². The number of imide groups is 1. The zero-order chi connectivity index (χ0) is 21.7. The maximum Gasteiger partial charge on any atom is 0.233 e. The molecule has 2 aromatic carbocycles. The van der Waals surface area contributed by atoms with Gasteiger partial charge in [0.15, 0.2) is 0 Å². The molecule has 0 radical (unpaired) electrons. The zero-order valence-electron chi connectivity index (χ0n) is 18.8. The molecule has 0 bridgehead atoms. The first-order chi connectivity index (χ1) is 14.3. The lowest BCUT2D eigenvalue weighted by Crippen LogP contribution is -2.42. The molecule has 1 saturated heterocycles. The van der Waals surface area contributed by atoms with Gasteiger partial charge in [0, 0.05) is 24.4 Å². The summed E-state index contributed by atoms with van der Waals surface area (Å²) in [5.74, 6) is -0.158. The third-order valence-corrected chi connectivity index (χ3v) is 6.42. The van der Waals surface area contributed by atoms with Crippen molar-refractivity contribution in [1.29, 1.82) is 0 Å². The van der Waals surface area contributed by atoms with Crippen LogP contribution in [0.3, 0.4) is 0 Å². The van der Waals surface area contributed by atoms with Crippen molar-refractivity contribution in [3.05, 3.63) is 71.8 Å². The Morgan fingerprint density at radius 2 is 1.53 bits per heavy atom. The molecule has 3 rings (SSSR count). The molecule has 1 aliphatic rings. The van der Waals surface area contributed by atoms with E-state index in [1.54, 1.807) is 0 Å². The summed E-state index contributed by atoms with van der Waals surface area (Å²) in [4.78, 5) is 27.4. The molecule has 3 atom stereocenters. The van der Waals surface area contributed by atoms with E-state index in [0.29, 0.717) is 6.54 Å². The molecule has 3 unspecified atom stereocenters. The van der Waals surface area contributed by atoms with Crippen molar-refractivity contribution in [3.8, 4) is 0 Å². The second-order valence-electron chi connectivity index (χ2n) is 9.43. The lowest BCUT2D eigenvalue weighted by atomic mass is 9.85. The average molecular weight is 408 g/mol. The molecule has 0 spiro atoms. The predicted octanol–water partition coefficient (Wildman–Crippen LogP) is 4.47. The van der Waals surface area contributed by atoms with Gasteiger partial charge in [0.05, 0.1) is 26.6 Å². The normalized spacial score (nSPS) is 20.6. The summed E-state index contributed by atoms with van der Waals surface area (Å²) in [6, 6.07) is 20.7. The molecular formula is C26H35N2O2+. The molecule has 1 fully saturated rings. The number of carbonyl (C=O) groups is 2. The Morgan fingerprint density at radius 1 is 0.933 bits per heavy atom. The van der Waals surface area contributed by atoms with Crippen LogP contribution in [0.1, 0.15) is 43.7 Å². The molecular weight excluding hydrogens is 372 g/mol. The van der Waals surface area contributed by atoms with Gasteiger partial charge in [-0.15, -0.1) is 0 Å². The molecule has 0 aliphatic carbocycles. The third kappa shape index (κ3) is 5.37. The van der Waals surface area contributed by atoms with Crippen LogP contribution in [0, 0.1) is 11.8 Å². The largest absolute Gasteiger partial charge is 0.325 e. The highest BCUT2D eigenvalue weighted by Crippen LogP contribution is 2.34. The minimum absolute atomic E-state index is 0.00127. The van der Waals surface area contributed by atoms with Crippen molar-refractivity contribution in [1.82, 2.24) is 4.90 Å². The Labute approximate surface area is 181 Å². The Hall–Kier alpha value is -2.46. The van der Waals surface area contributed by atoms with Crippen molar-refractivity contribution < 1.29 is 14.1 Å². The fourth-order valence-corrected chi connectivity index (χ4v) is 4.58. The van der Waals surface area contributed by atoms with Gasteiger partial charge < -0.3 is 4.48 Å². The minimum atomic E-state index is -0.226. The van der Waals surface area contributed by atoms with E-state index in [1.807, 2.05) is 31.2 Å². The van der Waals surface area contributed by atoms with Gasteiger partial charge in [-0.2, -0.15) is 0 Å². The lowest BCUT2D eigenvalue weighted by molar-refractivity contribution is -0.903. The van der Waals surface area contributed by atoms with Crippen molar-refractivity contribution >= 4 is 11.8 Å². The van der Waals surface area contributed by atoms with Gasteiger partial charge in [-0.25, -0.2) is 0 Å². The number of rotatable bonds is 9. The van der Waals surface area contributed by atoms with Crippen LogP contribution in [0.15, 0.2) is 60.7 Å². The Morgan fingerprint density at radius 3 is 2.17 bits per heavy atom. The number of hydrogen-bond donors (Lipinski definition) is 0. The van der Waals surface area contributed by atoms with E-state index >= 15 is 0 Å². The number of carbonyl (C=O) groups excluding carboxylic acids is 2. The van der Waals surface area contributed by atoms with Crippen molar-refractivity contribution in [3.63, 3.8) is 0 Å². The van der Waals surface area contributed by atoms with E-state index in [-0.39, 0.29) is 29.6 Å². The van der Waals surface area contributed by atoms with Crippen LogP contribution in [-0.4, -0.2) is 48.4 Å². The first-order valence-electron chi connectivity index (χ1n) is 11.0. The number of amides is 2. The van der Waals surface area contributed by atoms with Gasteiger partial charge in [-0.3, -0.25) is 14.5 Å². The summed E-state index contributed by atoms with van der Waals surface area (Å²) in [6.45, 7) is 6.44. The van der Waals surface area contributed by atoms with Crippen LogP contribution in [0.5, 0.6) is 0 Å². The van der Waals surface area contributed by atoms with Gasteiger partial charge in [0.1, 0.15) is 6.54 Å². The van der Waals surface area contributed by atoms with Crippen LogP contribution in [0.25, 0.3) is 0 Å². The minimum Gasteiger partial charge on any atom is -0.325 e. The van der Waals surface area contributed by atoms with Gasteiger partial charge in [-0.05, 0) is 17.9 Å². The van der Waals surface area contributed by atoms with E-state index in [9.17, 15) is 9.59 Å². The topological polar surface area (TPSA) is 37.4 Å². The van der Waals surface area contributed by atoms with Gasteiger partial charge in [0.25, 0.3) is 0 Å². The maximum absolute atomic E-state index is 13.0. The Bertz CT molecular complexity index is 848. The number of benzene rings is 2. The summed E-state index contributed by atoms with van der Waals surface area (Å²) in [5.41, 5.74) is 2.53. The average Bonchev–Trinajstić information content (AvgIpc) is 2.93. The molecule has 0 N–H and O–H groups in total. The smallest absolute Gasteiger partial charge is 0.233 e. The summed E-state index contributed by atoms with van der Waals surface area (Å²) >= 11 is 0. The first-order valence-corrected chi connectivity index (χ1v) is 11.0. The summed E-state index contributed by atoms with van der Waals surface area (Å²) in [7, 11) is 4.40. The SMILES string of the molecule is CC(CC1C(=O)N(CCC[N+](C)(C)Cc2ccccc2)C(=O)C1C)c1ccccc1. The standard InChI is InChI=1S/C26H35N2O2/c1-20(23-14-9-6-10-15-23)18-24-21(2)25(29)27(26(24)30)16-11-17-28(3,4)19-22-12-7-5-8-13-22/h5-10,12-15,20-21,24H,11,16-19H2,1-4H3/q+1. The van der Waals surface area contributed by atoms with E-state index < -0.39 is 0 Å². The number of nitrogens with zero attached hydrogens (tertiary/aromatic N) is 2. The predicted molar refractivity (Wildman–Crippen MR) is 121 cm³/mol. The Kier molecular flexibility index (Phi) is 7.09. The van der Waals surface area contributed by atoms with E-state index in [4.69, 9.17) is 0 Å². The van der Waals surface area contributed by atoms with Crippen LogP contribution >= 0.6 is 0 Å². The summed E-state index contributed by atoms with van der Waals surface area (Å²) in [5, 5.41) is 0. The molecule has 2 amide bonds. The van der Waals surface area contributed by atoms with Crippen molar-refractivity contribution in [2.45, 2.75) is 39.2 Å². The molecule has 2 aromatic rings. The number of quaternary nitrogens is 1. The number of hydrogen-bond acceptors (Lipinski definition) is 2. The highest BCUT2D eigenvalue weighted by atomic mass is 16.2. The second kappa shape index (κ2) is 9.57. The van der Waals surface area contributed by atoms with Gasteiger partial charge >= 0.3 is 0 Å². The quantitative estimate of drug-likeness (QED) is 0.454. The third-order valence-electron chi connectivity index (χ3n) is 6.42. The fourth-order valence-electron chi connectivity index (χ4n) is 4.58. The first kappa shape index (κ1) is 22.2. The molecule has 160 valence electrons. The van der Waals surface area contributed by atoms with Crippen molar-refractivity contribution in [2.24, 2.45) is 11.8 Å². The highest BCUT2D eigenvalue weighted by Gasteiger charge is 2.45. The van der Waals surface area contributed by atoms with Crippen LogP contribution in [0.4, 0.5) is 0 Å². The van der Waals surface area contributed by atoms with E-state index in [2.05, 4.69) is 57.4 Å². The Balaban J connectivity index is 1.55. The molecule has 1 heterocycles. The van der Waals surface area contributed by atoms with Gasteiger partial charge in [-0.1, -0.05) is 74.5 Å². The van der Waals surface area contributed by atoms with Crippen LogP contribution < -0.4 is 0 Å².